The Hall–Kier alpha value is -1.15. The predicted octanol–water partition coefficient (Wildman–Crippen LogP) is 0.172. The van der Waals surface area contributed by atoms with Gasteiger partial charge >= 0.3 is 5.97 Å². The summed E-state index contributed by atoms with van der Waals surface area (Å²) in [6, 6.07) is -0.627. The Morgan fingerprint density at radius 3 is 2.60 bits per heavy atom. The van der Waals surface area contributed by atoms with E-state index in [0.717, 1.165) is 19.1 Å². The molecule has 0 bridgehead atoms. The highest BCUT2D eigenvalue weighted by Crippen LogP contribution is 2.19. The second-order valence-electron chi connectivity index (χ2n) is 5.03. The van der Waals surface area contributed by atoms with Crippen molar-refractivity contribution in [3.05, 3.63) is 0 Å². The zero-order valence-corrected chi connectivity index (χ0v) is 12.5. The fraction of sp³-hybridized carbons (Fsp3) is 0.833. The Balaban J connectivity index is 2.42. The molecule has 2 N–H and O–H groups in total. The van der Waals surface area contributed by atoms with Crippen LogP contribution in [0.5, 0.6) is 0 Å². The van der Waals surface area contributed by atoms with E-state index in [2.05, 4.69) is 5.32 Å². The molecular formula is C12H22N2O5S. The molecule has 1 aliphatic heterocycles. The molecule has 0 aromatic heterocycles. The number of sulfonamides is 1. The fourth-order valence-electron chi connectivity index (χ4n) is 2.29. The second-order valence-corrected chi connectivity index (χ2v) is 6.96. The molecule has 1 rings (SSSR count). The minimum absolute atomic E-state index is 0.0781. The first-order valence-corrected chi connectivity index (χ1v) is 8.63. The molecule has 8 heteroatoms. The van der Waals surface area contributed by atoms with E-state index >= 15 is 0 Å². The number of carbonyl (C=O) groups excluding carboxylic acids is 1. The summed E-state index contributed by atoms with van der Waals surface area (Å²) < 4.78 is 24.5. The van der Waals surface area contributed by atoms with Gasteiger partial charge in [0.1, 0.15) is 6.04 Å². The number of aliphatic carboxylic acids is 1. The van der Waals surface area contributed by atoms with Gasteiger partial charge in [-0.15, -0.1) is 0 Å². The molecular weight excluding hydrogens is 284 g/mol. The van der Waals surface area contributed by atoms with Crippen molar-refractivity contribution in [1.29, 1.82) is 0 Å². The van der Waals surface area contributed by atoms with Gasteiger partial charge in [-0.3, -0.25) is 9.59 Å². The van der Waals surface area contributed by atoms with Crippen molar-refractivity contribution >= 4 is 21.9 Å². The average Bonchev–Trinajstić information content (AvgIpc) is 2.36. The molecule has 0 aliphatic carbocycles. The standard InChI is InChI=1S/C12H22N2O5S/c1-20(18,19)14-9-5-3-6-10(14)12(17)13-8-4-2-7-11(15)16/h10H,2-9H2,1H3,(H,13,17)(H,15,16). The van der Waals surface area contributed by atoms with Crippen LogP contribution in [0.15, 0.2) is 0 Å². The minimum Gasteiger partial charge on any atom is -0.481 e. The van der Waals surface area contributed by atoms with Crippen LogP contribution in [0.2, 0.25) is 0 Å². The number of nitrogens with one attached hydrogen (secondary N) is 1. The Labute approximate surface area is 119 Å². The predicted molar refractivity (Wildman–Crippen MR) is 73.7 cm³/mol. The SMILES string of the molecule is CS(=O)(=O)N1CCCCC1C(=O)NCCCCC(=O)O. The molecule has 20 heavy (non-hydrogen) atoms. The molecule has 0 radical (unpaired) electrons. The summed E-state index contributed by atoms with van der Waals surface area (Å²) in [4.78, 5) is 22.4. The average molecular weight is 306 g/mol. The van der Waals surface area contributed by atoms with Gasteiger partial charge in [0.2, 0.25) is 15.9 Å². The molecule has 1 fully saturated rings. The van der Waals surface area contributed by atoms with Crippen molar-refractivity contribution < 1.29 is 23.1 Å². The van der Waals surface area contributed by atoms with Crippen LogP contribution in [0.4, 0.5) is 0 Å². The number of carbonyl (C=O) groups is 2. The topological polar surface area (TPSA) is 104 Å². The Morgan fingerprint density at radius 2 is 2.00 bits per heavy atom. The maximum atomic E-state index is 12.0. The maximum absolute atomic E-state index is 12.0. The summed E-state index contributed by atoms with van der Waals surface area (Å²) in [6.07, 6.45) is 4.41. The quantitative estimate of drug-likeness (QED) is 0.653. The number of rotatable bonds is 7. The zero-order chi connectivity index (χ0) is 15.2. The lowest BCUT2D eigenvalue weighted by molar-refractivity contribution is -0.137. The third-order valence-corrected chi connectivity index (χ3v) is 4.59. The van der Waals surface area contributed by atoms with Crippen LogP contribution in [-0.2, 0) is 19.6 Å². The lowest BCUT2D eigenvalue weighted by atomic mass is 10.0. The number of carboxylic acid groups (broad SMARTS) is 1. The van der Waals surface area contributed by atoms with Gasteiger partial charge in [-0.2, -0.15) is 4.31 Å². The summed E-state index contributed by atoms with van der Waals surface area (Å²) in [5.74, 6) is -1.14. The molecule has 1 amide bonds. The van der Waals surface area contributed by atoms with E-state index in [1.807, 2.05) is 0 Å². The molecule has 0 aromatic carbocycles. The van der Waals surface area contributed by atoms with Crippen molar-refractivity contribution in [3.8, 4) is 0 Å². The van der Waals surface area contributed by atoms with Crippen LogP contribution in [-0.4, -0.2) is 55.1 Å². The summed E-state index contributed by atoms with van der Waals surface area (Å²) >= 11 is 0. The molecule has 7 nitrogen and oxygen atoms in total. The van der Waals surface area contributed by atoms with Crippen LogP contribution in [0.3, 0.4) is 0 Å². The fourth-order valence-corrected chi connectivity index (χ4v) is 3.42. The van der Waals surface area contributed by atoms with Crippen molar-refractivity contribution in [1.82, 2.24) is 9.62 Å². The smallest absolute Gasteiger partial charge is 0.303 e. The van der Waals surface area contributed by atoms with Crippen LogP contribution < -0.4 is 5.32 Å². The maximum Gasteiger partial charge on any atom is 0.303 e. The van der Waals surface area contributed by atoms with Gasteiger partial charge in [0.05, 0.1) is 6.26 Å². The minimum atomic E-state index is -3.37. The van der Waals surface area contributed by atoms with E-state index in [4.69, 9.17) is 5.11 Å². The largest absolute Gasteiger partial charge is 0.481 e. The zero-order valence-electron chi connectivity index (χ0n) is 11.7. The second kappa shape index (κ2) is 7.58. The Bertz CT molecular complexity index is 449. The number of nitrogens with zero attached hydrogens (tertiary/aromatic N) is 1. The summed E-state index contributed by atoms with van der Waals surface area (Å²) in [6.45, 7) is 0.760. The Morgan fingerprint density at radius 1 is 1.30 bits per heavy atom. The monoisotopic (exact) mass is 306 g/mol. The summed E-state index contributed by atoms with van der Waals surface area (Å²) in [5.41, 5.74) is 0. The highest BCUT2D eigenvalue weighted by atomic mass is 32.2. The summed E-state index contributed by atoms with van der Waals surface area (Å²) in [5, 5.41) is 11.2. The van der Waals surface area contributed by atoms with Gasteiger partial charge in [-0.05, 0) is 25.7 Å². The van der Waals surface area contributed by atoms with E-state index in [9.17, 15) is 18.0 Å². The van der Waals surface area contributed by atoms with Gasteiger partial charge in [-0.1, -0.05) is 6.42 Å². The third kappa shape index (κ3) is 5.46. The number of carboxylic acids is 1. The van der Waals surface area contributed by atoms with Gasteiger partial charge < -0.3 is 10.4 Å². The van der Waals surface area contributed by atoms with Gasteiger partial charge in [0.15, 0.2) is 0 Å². The van der Waals surface area contributed by atoms with Crippen molar-refractivity contribution in [2.75, 3.05) is 19.3 Å². The van der Waals surface area contributed by atoms with Gasteiger partial charge in [-0.25, -0.2) is 8.42 Å². The first kappa shape index (κ1) is 16.9. The summed E-state index contributed by atoms with van der Waals surface area (Å²) in [7, 11) is -3.37. The van der Waals surface area contributed by atoms with E-state index in [-0.39, 0.29) is 12.3 Å². The van der Waals surface area contributed by atoms with Gasteiger partial charge in [0.25, 0.3) is 0 Å². The van der Waals surface area contributed by atoms with Crippen molar-refractivity contribution in [2.45, 2.75) is 44.6 Å². The molecule has 0 saturated carbocycles. The van der Waals surface area contributed by atoms with E-state index in [0.29, 0.717) is 32.4 Å². The van der Waals surface area contributed by atoms with Crippen LogP contribution in [0, 0.1) is 0 Å². The Kier molecular flexibility index (Phi) is 6.41. The molecule has 116 valence electrons. The van der Waals surface area contributed by atoms with Crippen molar-refractivity contribution in [3.63, 3.8) is 0 Å². The molecule has 1 unspecified atom stereocenters. The normalized spacial score (nSPS) is 20.6. The number of piperidine rings is 1. The van der Waals surface area contributed by atoms with Crippen molar-refractivity contribution in [2.24, 2.45) is 0 Å². The number of unbranched alkanes of at least 4 members (excludes halogenated alkanes) is 1. The lowest BCUT2D eigenvalue weighted by Crippen LogP contribution is -2.51. The van der Waals surface area contributed by atoms with E-state index in [1.165, 1.54) is 4.31 Å². The number of hydrogen-bond acceptors (Lipinski definition) is 4. The number of hydrogen-bond donors (Lipinski definition) is 2. The van der Waals surface area contributed by atoms with E-state index in [1.54, 1.807) is 0 Å². The first-order chi connectivity index (χ1) is 9.32. The molecule has 1 saturated heterocycles. The van der Waals surface area contributed by atoms with Crippen LogP contribution in [0.25, 0.3) is 0 Å². The molecule has 1 aliphatic rings. The highest BCUT2D eigenvalue weighted by molar-refractivity contribution is 7.88. The van der Waals surface area contributed by atoms with E-state index < -0.39 is 22.0 Å². The molecule has 1 atom stereocenters. The number of amides is 1. The molecule has 0 aromatic rings. The van der Waals surface area contributed by atoms with Crippen LogP contribution >= 0.6 is 0 Å². The van der Waals surface area contributed by atoms with Crippen LogP contribution in [0.1, 0.15) is 38.5 Å². The van der Waals surface area contributed by atoms with Gasteiger partial charge in [0, 0.05) is 19.5 Å². The highest BCUT2D eigenvalue weighted by Gasteiger charge is 2.34. The first-order valence-electron chi connectivity index (χ1n) is 6.78. The third-order valence-electron chi connectivity index (χ3n) is 3.30. The molecule has 0 spiro atoms. The lowest BCUT2D eigenvalue weighted by Gasteiger charge is -2.32. The molecule has 1 heterocycles.